The van der Waals surface area contributed by atoms with Gasteiger partial charge in [-0.3, -0.25) is 19.7 Å². The van der Waals surface area contributed by atoms with Crippen LogP contribution in [0.15, 0.2) is 42.5 Å². The number of nitro groups is 1. The molecule has 10 heteroatoms. The van der Waals surface area contributed by atoms with E-state index in [0.717, 1.165) is 17.4 Å². The molecule has 8 nitrogen and oxygen atoms in total. The number of nitrogens with zero attached hydrogens (tertiary/aromatic N) is 1. The standard InChI is InChI=1S/C22H26ClN3O5S/c1-15-5-3-6-17(13-15)31-11-4-10-24-22(28)19(9-12-32-2)25-21(27)16-7-8-18(23)20(14-16)26(29)30/h3,5-8,13-14,19H,4,9-12H2,1-2H3,(H,24,28)(H,25,27). The monoisotopic (exact) mass is 479 g/mol. The number of halogens is 1. The summed E-state index contributed by atoms with van der Waals surface area (Å²) in [6.45, 7) is 2.82. The molecule has 2 rings (SSSR count). The Morgan fingerprint density at radius 2 is 2.03 bits per heavy atom. The number of hydrogen-bond acceptors (Lipinski definition) is 6. The molecule has 0 aliphatic rings. The first-order valence-electron chi connectivity index (χ1n) is 10.0. The van der Waals surface area contributed by atoms with Crippen molar-refractivity contribution in [1.29, 1.82) is 0 Å². The second-order valence-corrected chi connectivity index (χ2v) is 8.43. The minimum atomic E-state index is -0.762. The van der Waals surface area contributed by atoms with Crippen LogP contribution in [0.1, 0.15) is 28.8 Å². The molecule has 0 bridgehead atoms. The third-order valence-corrected chi connectivity index (χ3v) is 5.48. The van der Waals surface area contributed by atoms with Crippen LogP contribution in [0, 0.1) is 17.0 Å². The molecule has 1 unspecified atom stereocenters. The molecule has 172 valence electrons. The summed E-state index contributed by atoms with van der Waals surface area (Å²) in [6.07, 6.45) is 2.93. The number of benzene rings is 2. The number of thioether (sulfide) groups is 1. The number of nitro benzene ring substituents is 1. The number of amides is 2. The highest BCUT2D eigenvalue weighted by Gasteiger charge is 2.22. The molecule has 2 aromatic rings. The Kier molecular flexibility index (Phi) is 10.3. The molecular weight excluding hydrogens is 454 g/mol. The molecule has 0 heterocycles. The van der Waals surface area contributed by atoms with E-state index in [4.69, 9.17) is 16.3 Å². The maximum Gasteiger partial charge on any atom is 0.288 e. The maximum atomic E-state index is 12.6. The molecule has 0 fully saturated rings. The molecule has 32 heavy (non-hydrogen) atoms. The van der Waals surface area contributed by atoms with Crippen molar-refractivity contribution in [2.75, 3.05) is 25.2 Å². The zero-order valence-corrected chi connectivity index (χ0v) is 19.5. The van der Waals surface area contributed by atoms with Gasteiger partial charge in [0.25, 0.3) is 11.6 Å². The number of hydrogen-bond donors (Lipinski definition) is 2. The minimum absolute atomic E-state index is 0.0592. The first kappa shape index (κ1) is 25.5. The van der Waals surface area contributed by atoms with Crippen LogP contribution in [0.5, 0.6) is 5.75 Å². The summed E-state index contributed by atoms with van der Waals surface area (Å²) in [5, 5.41) is 16.5. The van der Waals surface area contributed by atoms with E-state index >= 15 is 0 Å². The zero-order chi connectivity index (χ0) is 23.5. The van der Waals surface area contributed by atoms with E-state index in [-0.39, 0.29) is 22.2 Å². The third-order valence-electron chi connectivity index (χ3n) is 4.52. The fourth-order valence-electron chi connectivity index (χ4n) is 2.84. The SMILES string of the molecule is CSCCC(NC(=O)c1ccc(Cl)c([N+](=O)[O-])c1)C(=O)NCCCOc1cccc(C)c1. The lowest BCUT2D eigenvalue weighted by Crippen LogP contribution is -2.47. The van der Waals surface area contributed by atoms with E-state index < -0.39 is 16.9 Å². The fourth-order valence-corrected chi connectivity index (χ4v) is 3.50. The number of nitrogens with one attached hydrogen (secondary N) is 2. The van der Waals surface area contributed by atoms with Gasteiger partial charge in [-0.1, -0.05) is 23.7 Å². The average Bonchev–Trinajstić information content (AvgIpc) is 2.76. The molecule has 0 saturated carbocycles. The molecule has 2 amide bonds. The van der Waals surface area contributed by atoms with Crippen LogP contribution < -0.4 is 15.4 Å². The molecule has 0 aromatic heterocycles. The predicted octanol–water partition coefficient (Wildman–Crippen LogP) is 3.99. The molecule has 0 saturated heterocycles. The lowest BCUT2D eigenvalue weighted by Gasteiger charge is -2.18. The Labute approximate surface area is 196 Å². The van der Waals surface area contributed by atoms with Crippen LogP contribution in [0.25, 0.3) is 0 Å². The Hall–Kier alpha value is -2.78. The summed E-state index contributed by atoms with van der Waals surface area (Å²) in [5.74, 6) is 0.550. The van der Waals surface area contributed by atoms with Gasteiger partial charge >= 0.3 is 0 Å². The summed E-state index contributed by atoms with van der Waals surface area (Å²) in [6, 6.07) is 10.7. The lowest BCUT2D eigenvalue weighted by atomic mass is 10.1. The van der Waals surface area contributed by atoms with Crippen molar-refractivity contribution >= 4 is 40.9 Å². The van der Waals surface area contributed by atoms with E-state index in [2.05, 4.69) is 10.6 Å². The fraction of sp³-hybridized carbons (Fsp3) is 0.364. The van der Waals surface area contributed by atoms with Crippen LogP contribution in [0.2, 0.25) is 5.02 Å². The molecule has 2 N–H and O–H groups in total. The van der Waals surface area contributed by atoms with Gasteiger partial charge in [-0.2, -0.15) is 11.8 Å². The number of rotatable bonds is 12. The Bertz CT molecular complexity index is 957. The molecule has 0 aliphatic carbocycles. The van der Waals surface area contributed by atoms with Gasteiger partial charge in [0, 0.05) is 18.2 Å². The largest absolute Gasteiger partial charge is 0.494 e. The van der Waals surface area contributed by atoms with E-state index in [0.29, 0.717) is 31.7 Å². The second-order valence-electron chi connectivity index (χ2n) is 7.04. The van der Waals surface area contributed by atoms with Crippen LogP contribution in [-0.4, -0.2) is 47.9 Å². The van der Waals surface area contributed by atoms with Crippen molar-refractivity contribution in [3.63, 3.8) is 0 Å². The summed E-state index contributed by atoms with van der Waals surface area (Å²) in [4.78, 5) is 35.6. The van der Waals surface area contributed by atoms with Crippen molar-refractivity contribution in [1.82, 2.24) is 10.6 Å². The van der Waals surface area contributed by atoms with Crippen molar-refractivity contribution < 1.29 is 19.2 Å². The Morgan fingerprint density at radius 3 is 2.72 bits per heavy atom. The van der Waals surface area contributed by atoms with Gasteiger partial charge in [0.2, 0.25) is 5.91 Å². The lowest BCUT2D eigenvalue weighted by molar-refractivity contribution is -0.384. The van der Waals surface area contributed by atoms with E-state index in [1.807, 2.05) is 37.4 Å². The van der Waals surface area contributed by atoms with Crippen LogP contribution >= 0.6 is 23.4 Å². The number of carbonyl (C=O) groups excluding carboxylic acids is 2. The van der Waals surface area contributed by atoms with Crippen molar-refractivity contribution in [2.24, 2.45) is 0 Å². The topological polar surface area (TPSA) is 111 Å². The number of aryl methyl sites for hydroxylation is 1. The van der Waals surface area contributed by atoms with E-state index in [1.165, 1.54) is 12.1 Å². The smallest absolute Gasteiger partial charge is 0.288 e. The minimum Gasteiger partial charge on any atom is -0.494 e. The molecule has 0 spiro atoms. The molecule has 0 aliphatic heterocycles. The normalized spacial score (nSPS) is 11.5. The number of carbonyl (C=O) groups is 2. The zero-order valence-electron chi connectivity index (χ0n) is 17.9. The van der Waals surface area contributed by atoms with Crippen molar-refractivity contribution in [2.45, 2.75) is 25.8 Å². The van der Waals surface area contributed by atoms with Crippen LogP contribution in [0.3, 0.4) is 0 Å². The molecule has 0 radical (unpaired) electrons. The second kappa shape index (κ2) is 12.9. The van der Waals surface area contributed by atoms with Gasteiger partial charge < -0.3 is 15.4 Å². The average molecular weight is 480 g/mol. The van der Waals surface area contributed by atoms with Crippen molar-refractivity contribution in [3.05, 3.63) is 68.7 Å². The van der Waals surface area contributed by atoms with Gasteiger partial charge in [0.05, 0.1) is 11.5 Å². The van der Waals surface area contributed by atoms with Crippen LogP contribution in [-0.2, 0) is 4.79 Å². The Morgan fingerprint density at radius 1 is 1.25 bits per heavy atom. The quantitative estimate of drug-likeness (QED) is 0.270. The highest BCUT2D eigenvalue weighted by atomic mass is 35.5. The van der Waals surface area contributed by atoms with E-state index in [1.54, 1.807) is 11.8 Å². The van der Waals surface area contributed by atoms with Gasteiger partial charge in [-0.05, 0) is 61.6 Å². The van der Waals surface area contributed by atoms with Gasteiger partial charge in [0.15, 0.2) is 0 Å². The Balaban J connectivity index is 1.89. The highest BCUT2D eigenvalue weighted by molar-refractivity contribution is 7.98. The predicted molar refractivity (Wildman–Crippen MR) is 127 cm³/mol. The van der Waals surface area contributed by atoms with Crippen molar-refractivity contribution in [3.8, 4) is 5.75 Å². The van der Waals surface area contributed by atoms with E-state index in [9.17, 15) is 19.7 Å². The van der Waals surface area contributed by atoms with Crippen LogP contribution in [0.4, 0.5) is 5.69 Å². The van der Waals surface area contributed by atoms with Gasteiger partial charge in [0.1, 0.15) is 16.8 Å². The van der Waals surface area contributed by atoms with Gasteiger partial charge in [-0.15, -0.1) is 0 Å². The first-order chi connectivity index (χ1) is 15.3. The molecule has 2 aromatic carbocycles. The summed E-state index contributed by atoms with van der Waals surface area (Å²) in [7, 11) is 0. The maximum absolute atomic E-state index is 12.6. The number of ether oxygens (including phenoxy) is 1. The molecular formula is C22H26ClN3O5S. The summed E-state index contributed by atoms with van der Waals surface area (Å²) in [5.41, 5.74) is 0.807. The summed E-state index contributed by atoms with van der Waals surface area (Å²) >= 11 is 7.35. The summed E-state index contributed by atoms with van der Waals surface area (Å²) < 4.78 is 5.67. The third kappa shape index (κ3) is 8.05. The highest BCUT2D eigenvalue weighted by Crippen LogP contribution is 2.25. The molecule has 1 atom stereocenters. The van der Waals surface area contributed by atoms with Gasteiger partial charge in [-0.25, -0.2) is 0 Å². The first-order valence-corrected chi connectivity index (χ1v) is 11.8.